The topological polar surface area (TPSA) is 49.3 Å². The van der Waals surface area contributed by atoms with E-state index in [1.54, 1.807) is 0 Å². The van der Waals surface area contributed by atoms with Gasteiger partial charge in [-0.25, -0.2) is 4.79 Å². The first-order valence-electron chi connectivity index (χ1n) is 4.76. The van der Waals surface area contributed by atoms with Gasteiger partial charge in [-0.15, -0.1) is 11.3 Å². The summed E-state index contributed by atoms with van der Waals surface area (Å²) in [5.41, 5.74) is 0.888. The predicted octanol–water partition coefficient (Wildman–Crippen LogP) is 2.34. The fourth-order valence-corrected chi connectivity index (χ4v) is 1.95. The number of hydrogen-bond donors (Lipinski definition) is 2. The van der Waals surface area contributed by atoms with Crippen molar-refractivity contribution >= 4 is 17.3 Å². The lowest BCUT2D eigenvalue weighted by molar-refractivity contribution is 0.0701. The monoisotopic (exact) mass is 213 g/mol. The van der Waals surface area contributed by atoms with E-state index in [4.69, 9.17) is 5.11 Å². The molecule has 0 aliphatic carbocycles. The lowest BCUT2D eigenvalue weighted by Gasteiger charge is -2.02. The summed E-state index contributed by atoms with van der Waals surface area (Å²) in [5, 5.41) is 13.9. The first-order valence-corrected chi connectivity index (χ1v) is 5.64. The molecule has 0 unspecified atom stereocenters. The fraction of sp³-hybridized carbons (Fsp3) is 0.500. The highest BCUT2D eigenvalue weighted by Crippen LogP contribution is 2.16. The van der Waals surface area contributed by atoms with Crippen molar-refractivity contribution in [3.05, 3.63) is 21.9 Å². The average Bonchev–Trinajstić information content (AvgIpc) is 2.60. The van der Waals surface area contributed by atoms with Gasteiger partial charge in [0.1, 0.15) is 4.88 Å². The van der Waals surface area contributed by atoms with Gasteiger partial charge in [0.2, 0.25) is 0 Å². The van der Waals surface area contributed by atoms with E-state index in [1.807, 2.05) is 11.4 Å². The van der Waals surface area contributed by atoms with Gasteiger partial charge in [-0.1, -0.05) is 13.3 Å². The van der Waals surface area contributed by atoms with Crippen molar-refractivity contribution in [1.29, 1.82) is 0 Å². The Hall–Kier alpha value is -0.870. The maximum absolute atomic E-state index is 10.8. The number of carboxylic acid groups (broad SMARTS) is 1. The van der Waals surface area contributed by atoms with Crippen molar-refractivity contribution in [2.45, 2.75) is 26.3 Å². The Morgan fingerprint density at radius 2 is 2.43 bits per heavy atom. The second kappa shape index (κ2) is 5.78. The van der Waals surface area contributed by atoms with Crippen LogP contribution in [-0.4, -0.2) is 17.6 Å². The third kappa shape index (κ3) is 3.12. The van der Waals surface area contributed by atoms with Crippen LogP contribution in [0.4, 0.5) is 0 Å². The maximum atomic E-state index is 10.8. The summed E-state index contributed by atoms with van der Waals surface area (Å²) in [5.74, 6) is -0.827. The van der Waals surface area contributed by atoms with E-state index < -0.39 is 5.97 Å². The van der Waals surface area contributed by atoms with E-state index in [2.05, 4.69) is 12.2 Å². The molecule has 4 heteroatoms. The third-order valence-electron chi connectivity index (χ3n) is 1.96. The molecule has 2 N–H and O–H groups in total. The number of thiophene rings is 1. The Morgan fingerprint density at radius 3 is 3.07 bits per heavy atom. The summed E-state index contributed by atoms with van der Waals surface area (Å²) in [6.45, 7) is 3.74. The highest BCUT2D eigenvalue weighted by molar-refractivity contribution is 7.12. The molecule has 0 radical (unpaired) electrons. The molecule has 0 amide bonds. The molecule has 3 nitrogen and oxygen atoms in total. The SMILES string of the molecule is CCCCNCc1ccsc1C(=O)O. The van der Waals surface area contributed by atoms with Gasteiger partial charge in [0.15, 0.2) is 0 Å². The zero-order chi connectivity index (χ0) is 10.4. The van der Waals surface area contributed by atoms with Crippen LogP contribution in [0.1, 0.15) is 35.0 Å². The summed E-state index contributed by atoms with van der Waals surface area (Å²) in [6.07, 6.45) is 2.29. The third-order valence-corrected chi connectivity index (χ3v) is 2.91. The molecule has 0 atom stereocenters. The highest BCUT2D eigenvalue weighted by atomic mass is 32.1. The number of nitrogens with one attached hydrogen (secondary N) is 1. The van der Waals surface area contributed by atoms with Crippen LogP contribution in [0.25, 0.3) is 0 Å². The molecular weight excluding hydrogens is 198 g/mol. The zero-order valence-corrected chi connectivity index (χ0v) is 9.06. The van der Waals surface area contributed by atoms with Crippen molar-refractivity contribution < 1.29 is 9.90 Å². The molecule has 1 aromatic heterocycles. The molecule has 0 aliphatic heterocycles. The first-order chi connectivity index (χ1) is 6.75. The summed E-state index contributed by atoms with van der Waals surface area (Å²) in [7, 11) is 0. The van der Waals surface area contributed by atoms with Gasteiger partial charge in [0.05, 0.1) is 0 Å². The molecule has 1 heterocycles. The molecule has 1 rings (SSSR count). The Bertz CT molecular complexity index is 296. The number of unbranched alkanes of at least 4 members (excludes halogenated alkanes) is 1. The van der Waals surface area contributed by atoms with E-state index in [0.29, 0.717) is 11.4 Å². The molecule has 0 saturated carbocycles. The van der Waals surface area contributed by atoms with Crippen LogP contribution < -0.4 is 5.32 Å². The molecule has 0 fully saturated rings. The average molecular weight is 213 g/mol. The van der Waals surface area contributed by atoms with Gasteiger partial charge < -0.3 is 10.4 Å². The summed E-state index contributed by atoms with van der Waals surface area (Å²) < 4.78 is 0. The molecule has 78 valence electrons. The second-order valence-corrected chi connectivity index (χ2v) is 4.03. The summed E-state index contributed by atoms with van der Waals surface area (Å²) >= 11 is 1.28. The van der Waals surface area contributed by atoms with Gasteiger partial charge >= 0.3 is 5.97 Å². The smallest absolute Gasteiger partial charge is 0.346 e. The summed E-state index contributed by atoms with van der Waals surface area (Å²) in [6, 6.07) is 1.87. The Morgan fingerprint density at radius 1 is 1.64 bits per heavy atom. The van der Waals surface area contributed by atoms with E-state index in [9.17, 15) is 4.79 Å². The molecular formula is C10H15NO2S. The number of carbonyl (C=O) groups is 1. The molecule has 14 heavy (non-hydrogen) atoms. The lowest BCUT2D eigenvalue weighted by atomic mass is 10.2. The molecule has 0 aliphatic rings. The van der Waals surface area contributed by atoms with Gasteiger partial charge in [-0.05, 0) is 30.0 Å². The van der Waals surface area contributed by atoms with Crippen LogP contribution in [0, 0.1) is 0 Å². The van der Waals surface area contributed by atoms with Crippen molar-refractivity contribution in [3.63, 3.8) is 0 Å². The van der Waals surface area contributed by atoms with Crippen LogP contribution in [0.15, 0.2) is 11.4 Å². The van der Waals surface area contributed by atoms with E-state index in [0.717, 1.165) is 24.9 Å². The minimum Gasteiger partial charge on any atom is -0.477 e. The summed E-state index contributed by atoms with van der Waals surface area (Å²) in [4.78, 5) is 11.2. The molecule has 0 bridgehead atoms. The molecule has 1 aromatic rings. The minimum absolute atomic E-state index is 0.453. The molecule has 0 saturated heterocycles. The van der Waals surface area contributed by atoms with Crippen LogP contribution in [0.5, 0.6) is 0 Å². The normalized spacial score (nSPS) is 10.4. The first kappa shape index (κ1) is 11.2. The van der Waals surface area contributed by atoms with Crippen LogP contribution in [0.3, 0.4) is 0 Å². The van der Waals surface area contributed by atoms with Gasteiger partial charge in [-0.3, -0.25) is 0 Å². The van der Waals surface area contributed by atoms with Crippen molar-refractivity contribution in [2.75, 3.05) is 6.54 Å². The van der Waals surface area contributed by atoms with Crippen LogP contribution >= 0.6 is 11.3 Å². The maximum Gasteiger partial charge on any atom is 0.346 e. The van der Waals surface area contributed by atoms with Gasteiger partial charge in [-0.2, -0.15) is 0 Å². The van der Waals surface area contributed by atoms with Crippen molar-refractivity contribution in [2.24, 2.45) is 0 Å². The number of rotatable bonds is 6. The van der Waals surface area contributed by atoms with E-state index in [-0.39, 0.29) is 0 Å². The quantitative estimate of drug-likeness (QED) is 0.713. The molecule has 0 aromatic carbocycles. The zero-order valence-electron chi connectivity index (χ0n) is 8.25. The van der Waals surface area contributed by atoms with Crippen LogP contribution in [0.2, 0.25) is 0 Å². The Kier molecular flexibility index (Phi) is 4.62. The largest absolute Gasteiger partial charge is 0.477 e. The van der Waals surface area contributed by atoms with Gasteiger partial charge in [0, 0.05) is 6.54 Å². The predicted molar refractivity (Wildman–Crippen MR) is 57.9 cm³/mol. The number of carboxylic acids is 1. The minimum atomic E-state index is -0.827. The Balaban J connectivity index is 2.42. The van der Waals surface area contributed by atoms with E-state index in [1.165, 1.54) is 11.3 Å². The Labute approximate surface area is 87.8 Å². The van der Waals surface area contributed by atoms with Crippen LogP contribution in [-0.2, 0) is 6.54 Å². The lowest BCUT2D eigenvalue weighted by Crippen LogP contribution is -2.15. The standard InChI is InChI=1S/C10H15NO2S/c1-2-3-5-11-7-8-4-6-14-9(8)10(12)13/h4,6,11H,2-3,5,7H2,1H3,(H,12,13). The highest BCUT2D eigenvalue weighted by Gasteiger charge is 2.10. The van der Waals surface area contributed by atoms with Gasteiger partial charge in [0.25, 0.3) is 0 Å². The number of hydrogen-bond acceptors (Lipinski definition) is 3. The van der Waals surface area contributed by atoms with E-state index >= 15 is 0 Å². The number of aromatic carboxylic acids is 1. The van der Waals surface area contributed by atoms with Crippen molar-refractivity contribution in [1.82, 2.24) is 5.32 Å². The molecule has 0 spiro atoms. The second-order valence-electron chi connectivity index (χ2n) is 3.11. The fourth-order valence-electron chi connectivity index (χ4n) is 1.19. The van der Waals surface area contributed by atoms with Crippen molar-refractivity contribution in [3.8, 4) is 0 Å².